The van der Waals surface area contributed by atoms with E-state index >= 15 is 0 Å². The van der Waals surface area contributed by atoms with Crippen LogP contribution in [-0.2, 0) is 17.1 Å². The fraction of sp³-hybridized carbons (Fsp3) is 1.00. The van der Waals surface area contributed by atoms with Crippen LogP contribution in [0.2, 0.25) is 12.3 Å². The highest BCUT2D eigenvalue weighted by atomic mass is 28.4. The predicted molar refractivity (Wildman–Crippen MR) is 59.4 cm³/mol. The fourth-order valence-electron chi connectivity index (χ4n) is 0.986. The first-order chi connectivity index (χ1) is 6.58. The van der Waals surface area contributed by atoms with Crippen LogP contribution in [0.5, 0.6) is 0 Å². The van der Waals surface area contributed by atoms with Gasteiger partial charge in [-0.2, -0.15) is 0 Å². The van der Waals surface area contributed by atoms with Crippen LogP contribution in [-0.4, -0.2) is 49.1 Å². The van der Waals surface area contributed by atoms with Crippen LogP contribution in [0.25, 0.3) is 0 Å². The monoisotopic (exact) mass is 236 g/mol. The number of hydrogen-bond acceptors (Lipinski definition) is 4. The lowest BCUT2D eigenvalue weighted by Gasteiger charge is -2.25. The summed E-state index contributed by atoms with van der Waals surface area (Å²) in [5, 5.41) is 0. The topological polar surface area (TPSA) is 36.9 Å². The Balaban J connectivity index is 3.94. The highest BCUT2D eigenvalue weighted by Gasteiger charge is 2.35. The predicted octanol–water partition coefficient (Wildman–Crippen LogP) is 1.45. The highest BCUT2D eigenvalue weighted by molar-refractivity contribution is 6.60. The van der Waals surface area contributed by atoms with Gasteiger partial charge in [-0.15, -0.1) is 0 Å². The molecule has 4 nitrogen and oxygen atoms in total. The molecule has 0 aliphatic rings. The largest absolute Gasteiger partial charge is 0.502 e. The second kappa shape index (κ2) is 7.83. The molecule has 6 heteroatoms. The molecule has 14 heavy (non-hydrogen) atoms. The van der Waals surface area contributed by atoms with Crippen LogP contribution >= 0.6 is 0 Å². The standard InChI is InChI=1S/C6H15O3Si.CH3O.CH3.Al/c1-5-8-10(4,7-3)9-6-2;1-2;;/h3,5-6H2,1-2,4H3;1H3;1H3;/q;-1;;+1. The van der Waals surface area contributed by atoms with Gasteiger partial charge < -0.3 is 17.1 Å². The van der Waals surface area contributed by atoms with Gasteiger partial charge in [0.1, 0.15) is 0 Å². The molecule has 0 unspecified atom stereocenters. The van der Waals surface area contributed by atoms with E-state index in [1.807, 2.05) is 20.4 Å². The van der Waals surface area contributed by atoms with Gasteiger partial charge in [-0.25, -0.2) is 0 Å². The summed E-state index contributed by atoms with van der Waals surface area (Å²) >= 11 is -1.18. The Kier molecular flexibility index (Phi) is 8.16. The SMILES string of the molecule is CCO[Si](C)(OCC)O[CH2][Al]([CH3])[O]C. The van der Waals surface area contributed by atoms with Crippen molar-refractivity contribution in [1.82, 2.24) is 0 Å². The van der Waals surface area contributed by atoms with Crippen LogP contribution in [0.3, 0.4) is 0 Å². The summed E-state index contributed by atoms with van der Waals surface area (Å²) in [4.78, 5) is 0. The van der Waals surface area contributed by atoms with Crippen LogP contribution in [0.4, 0.5) is 0 Å². The van der Waals surface area contributed by atoms with Crippen LogP contribution in [0.15, 0.2) is 0 Å². The lowest BCUT2D eigenvalue weighted by Crippen LogP contribution is -2.45. The van der Waals surface area contributed by atoms with E-state index < -0.39 is 23.3 Å². The van der Waals surface area contributed by atoms with Gasteiger partial charge in [0.25, 0.3) is 0 Å². The highest BCUT2D eigenvalue weighted by Crippen LogP contribution is 2.09. The van der Waals surface area contributed by atoms with Crippen molar-refractivity contribution < 1.29 is 17.1 Å². The second-order valence-electron chi connectivity index (χ2n) is 3.09. The molecule has 0 saturated heterocycles. The Bertz CT molecular complexity index is 141. The molecule has 84 valence electrons. The van der Waals surface area contributed by atoms with E-state index in [-0.39, 0.29) is 0 Å². The van der Waals surface area contributed by atoms with Gasteiger partial charge in [-0.3, -0.25) is 0 Å². The lowest BCUT2D eigenvalue weighted by molar-refractivity contribution is 0.0844. The normalized spacial score (nSPS) is 11.8. The van der Waals surface area contributed by atoms with Crippen molar-refractivity contribution in [2.45, 2.75) is 26.2 Å². The van der Waals surface area contributed by atoms with E-state index in [0.717, 1.165) is 0 Å². The molecule has 0 rings (SSSR count). The second-order valence-corrected chi connectivity index (χ2v) is 8.10. The molecule has 0 amide bonds. The van der Waals surface area contributed by atoms with Gasteiger partial charge in [-0.05, 0) is 13.8 Å². The van der Waals surface area contributed by atoms with Gasteiger partial charge in [0.2, 0.25) is 0 Å². The summed E-state index contributed by atoms with van der Waals surface area (Å²) in [5.41, 5.74) is 0.652. The van der Waals surface area contributed by atoms with Gasteiger partial charge in [0.15, 0.2) is 0 Å². The van der Waals surface area contributed by atoms with Gasteiger partial charge >= 0.3 is 23.3 Å². The van der Waals surface area contributed by atoms with Crippen molar-refractivity contribution in [3.05, 3.63) is 0 Å². The first-order valence-corrected chi connectivity index (χ1v) is 9.69. The third-order valence-electron chi connectivity index (χ3n) is 1.80. The van der Waals surface area contributed by atoms with Crippen LogP contribution < -0.4 is 0 Å². The van der Waals surface area contributed by atoms with E-state index in [1.54, 1.807) is 7.11 Å². The molecule has 0 saturated carbocycles. The van der Waals surface area contributed by atoms with Crippen LogP contribution in [0.1, 0.15) is 13.8 Å². The molecule has 0 radical (unpaired) electrons. The summed E-state index contributed by atoms with van der Waals surface area (Å²) in [6.45, 7) is 7.09. The molecule has 0 fully saturated rings. The Labute approximate surface area is 92.6 Å². The maximum absolute atomic E-state index is 5.69. The average Bonchev–Trinajstić information content (AvgIpc) is 2.15. The van der Waals surface area contributed by atoms with Gasteiger partial charge in [0.05, 0.1) is 0 Å². The zero-order valence-corrected chi connectivity index (χ0v) is 12.0. The van der Waals surface area contributed by atoms with E-state index in [2.05, 4.69) is 5.79 Å². The molecule has 0 bridgehead atoms. The quantitative estimate of drug-likeness (QED) is 0.598. The smallest absolute Gasteiger partial charge is 0.496 e. The molecular weight excluding hydrogens is 215 g/mol. The minimum atomic E-state index is -2.37. The Morgan fingerprint density at radius 1 is 1.07 bits per heavy atom. The zero-order chi connectivity index (χ0) is 11.0. The third-order valence-corrected chi connectivity index (χ3v) is 5.89. The summed E-state index contributed by atoms with van der Waals surface area (Å²) in [6, 6.07) is 0. The summed E-state index contributed by atoms with van der Waals surface area (Å²) in [5.74, 6) is 2.09. The lowest BCUT2D eigenvalue weighted by atomic mass is 10.9. The number of hydrogen-bond donors (Lipinski definition) is 0. The minimum Gasteiger partial charge on any atom is -0.502 e. The Hall–Kier alpha value is 0.589. The van der Waals surface area contributed by atoms with E-state index in [1.165, 1.54) is 0 Å². The molecule has 0 spiro atoms. The van der Waals surface area contributed by atoms with Crippen molar-refractivity contribution in [2.75, 3.05) is 25.8 Å². The molecule has 0 aromatic carbocycles. The first kappa shape index (κ1) is 14.6. The molecule has 0 aliphatic carbocycles. The number of rotatable bonds is 8. The molecular formula is C8H21AlO4Si. The maximum Gasteiger partial charge on any atom is 0.496 e. The van der Waals surface area contributed by atoms with Gasteiger partial charge in [0, 0.05) is 32.3 Å². The molecule has 0 aromatic rings. The molecule has 0 aliphatic heterocycles. The van der Waals surface area contributed by atoms with Crippen molar-refractivity contribution in [2.24, 2.45) is 0 Å². The van der Waals surface area contributed by atoms with Crippen molar-refractivity contribution in [3.8, 4) is 0 Å². The average molecular weight is 236 g/mol. The maximum atomic E-state index is 5.69. The zero-order valence-electron chi connectivity index (χ0n) is 9.83. The van der Waals surface area contributed by atoms with E-state index in [9.17, 15) is 0 Å². The van der Waals surface area contributed by atoms with Gasteiger partial charge in [-0.1, -0.05) is 5.79 Å². The summed E-state index contributed by atoms with van der Waals surface area (Å²) in [6.07, 6.45) is 0. The third kappa shape index (κ3) is 6.14. The summed E-state index contributed by atoms with van der Waals surface area (Å²) < 4.78 is 22.0. The van der Waals surface area contributed by atoms with Crippen LogP contribution in [0, 0.1) is 0 Å². The molecule has 0 N–H and O–H groups in total. The fourth-order valence-corrected chi connectivity index (χ4v) is 4.57. The van der Waals surface area contributed by atoms with E-state index in [4.69, 9.17) is 17.1 Å². The van der Waals surface area contributed by atoms with Crippen molar-refractivity contribution >= 4 is 23.3 Å². The Morgan fingerprint density at radius 3 is 1.93 bits per heavy atom. The summed E-state index contributed by atoms with van der Waals surface area (Å²) in [7, 11) is -0.651. The molecule has 0 aromatic heterocycles. The van der Waals surface area contributed by atoms with Crippen molar-refractivity contribution in [1.29, 1.82) is 0 Å². The first-order valence-electron chi connectivity index (χ1n) is 5.02. The Morgan fingerprint density at radius 2 is 1.57 bits per heavy atom. The minimum absolute atomic E-state index is 0.631. The van der Waals surface area contributed by atoms with Crippen molar-refractivity contribution in [3.63, 3.8) is 0 Å². The molecule has 0 heterocycles. The molecule has 0 atom stereocenters. The van der Waals surface area contributed by atoms with E-state index in [0.29, 0.717) is 18.7 Å².